The zero-order valence-corrected chi connectivity index (χ0v) is 8.83. The van der Waals surface area contributed by atoms with Gasteiger partial charge in [0.2, 0.25) is 0 Å². The SMILES string of the molecule is CC1=C(C(C)(C)[O][Ti])CC=C1. The fourth-order valence-electron chi connectivity index (χ4n) is 1.40. The minimum absolute atomic E-state index is 0.0897. The van der Waals surface area contributed by atoms with E-state index in [1.807, 2.05) is 0 Å². The van der Waals surface area contributed by atoms with Crippen molar-refractivity contribution in [2.45, 2.75) is 32.8 Å². The molecule has 0 saturated carbocycles. The summed E-state index contributed by atoms with van der Waals surface area (Å²) in [5.41, 5.74) is 2.67. The molecule has 0 bridgehead atoms. The topological polar surface area (TPSA) is 9.23 Å². The Kier molecular flexibility index (Phi) is 2.74. The van der Waals surface area contributed by atoms with Gasteiger partial charge in [0, 0.05) is 0 Å². The number of hydrogen-bond donors (Lipinski definition) is 0. The fraction of sp³-hybridized carbons (Fsp3) is 0.556. The molecule has 2 heteroatoms. The van der Waals surface area contributed by atoms with Crippen LogP contribution in [-0.4, -0.2) is 5.60 Å². The van der Waals surface area contributed by atoms with E-state index in [2.05, 4.69) is 32.9 Å². The Morgan fingerprint density at radius 2 is 2.18 bits per heavy atom. The first-order valence-electron chi connectivity index (χ1n) is 3.79. The van der Waals surface area contributed by atoms with Crippen molar-refractivity contribution in [3.63, 3.8) is 0 Å². The molecule has 1 nitrogen and oxygen atoms in total. The second-order valence-electron chi connectivity index (χ2n) is 3.38. The van der Waals surface area contributed by atoms with Crippen LogP contribution in [0, 0.1) is 0 Å². The zero-order chi connectivity index (χ0) is 8.48. The van der Waals surface area contributed by atoms with Crippen molar-refractivity contribution in [2.24, 2.45) is 0 Å². The van der Waals surface area contributed by atoms with Gasteiger partial charge in [-0.2, -0.15) is 0 Å². The van der Waals surface area contributed by atoms with Gasteiger partial charge in [-0.15, -0.1) is 0 Å². The summed E-state index contributed by atoms with van der Waals surface area (Å²) in [6, 6.07) is 0. The van der Waals surface area contributed by atoms with Gasteiger partial charge in [-0.25, -0.2) is 0 Å². The molecule has 0 N–H and O–H groups in total. The Bertz CT molecular complexity index is 214. The molecular weight excluding hydrogens is 172 g/mol. The van der Waals surface area contributed by atoms with E-state index in [0.29, 0.717) is 0 Å². The maximum absolute atomic E-state index is 5.39. The molecular formula is C9H13OTi. The maximum atomic E-state index is 5.39. The van der Waals surface area contributed by atoms with E-state index in [1.54, 1.807) is 20.8 Å². The van der Waals surface area contributed by atoms with Crippen molar-refractivity contribution in [1.29, 1.82) is 0 Å². The van der Waals surface area contributed by atoms with Crippen LogP contribution in [0.1, 0.15) is 27.2 Å². The van der Waals surface area contributed by atoms with Crippen molar-refractivity contribution < 1.29 is 24.1 Å². The molecule has 1 rings (SSSR count). The van der Waals surface area contributed by atoms with Gasteiger partial charge in [0.15, 0.2) is 0 Å². The molecule has 11 heavy (non-hydrogen) atoms. The first-order valence-corrected chi connectivity index (χ1v) is 4.43. The number of rotatable bonds is 2. The van der Waals surface area contributed by atoms with Crippen LogP contribution >= 0.6 is 0 Å². The molecule has 0 aliphatic heterocycles. The molecule has 0 aromatic carbocycles. The first-order chi connectivity index (χ1) is 5.08. The molecule has 1 aliphatic carbocycles. The number of allylic oxidation sites excluding steroid dienone is 3. The standard InChI is InChI=1S/C9H13O.Ti/c1-7-5-4-6-8(7)9(2,3)10;/h4-5H,6H2,1-3H3;/q-1;+1. The molecule has 0 atom stereocenters. The van der Waals surface area contributed by atoms with E-state index >= 15 is 0 Å². The average Bonchev–Trinajstić information content (AvgIpc) is 2.36. The summed E-state index contributed by atoms with van der Waals surface area (Å²) in [7, 11) is 0. The quantitative estimate of drug-likeness (QED) is 0.600. The van der Waals surface area contributed by atoms with Gasteiger partial charge >= 0.3 is 80.2 Å². The Morgan fingerprint density at radius 3 is 2.55 bits per heavy atom. The summed E-state index contributed by atoms with van der Waals surface area (Å²) in [5, 5.41) is 0. The van der Waals surface area contributed by atoms with Crippen LogP contribution in [0.5, 0.6) is 0 Å². The summed E-state index contributed by atoms with van der Waals surface area (Å²) in [5.74, 6) is 0. The van der Waals surface area contributed by atoms with Gasteiger partial charge < -0.3 is 0 Å². The Labute approximate surface area is 80.4 Å². The van der Waals surface area contributed by atoms with E-state index in [-0.39, 0.29) is 5.60 Å². The molecule has 0 radical (unpaired) electrons. The molecule has 0 aromatic rings. The van der Waals surface area contributed by atoms with Crippen molar-refractivity contribution in [3.8, 4) is 0 Å². The van der Waals surface area contributed by atoms with Crippen molar-refractivity contribution >= 4 is 0 Å². The van der Waals surface area contributed by atoms with Crippen LogP contribution in [0.2, 0.25) is 0 Å². The molecule has 59 valence electrons. The molecule has 0 heterocycles. The van der Waals surface area contributed by atoms with Crippen LogP contribution in [0.3, 0.4) is 0 Å². The summed E-state index contributed by atoms with van der Waals surface area (Å²) < 4.78 is 5.39. The molecule has 1 aliphatic rings. The molecule has 0 aromatic heterocycles. The summed E-state index contributed by atoms with van der Waals surface area (Å²) >= 11 is 1.76. The van der Waals surface area contributed by atoms with Gasteiger partial charge in [-0.3, -0.25) is 0 Å². The van der Waals surface area contributed by atoms with Gasteiger partial charge in [0.05, 0.1) is 0 Å². The first kappa shape index (κ1) is 9.24. The fourth-order valence-corrected chi connectivity index (χ4v) is 1.59. The molecule has 0 amide bonds. The third-order valence-corrected chi connectivity index (χ3v) is 2.94. The van der Waals surface area contributed by atoms with Gasteiger partial charge in [0.25, 0.3) is 0 Å². The third kappa shape index (κ3) is 1.84. The summed E-state index contributed by atoms with van der Waals surface area (Å²) in [6.07, 6.45) is 5.40. The van der Waals surface area contributed by atoms with E-state index < -0.39 is 0 Å². The van der Waals surface area contributed by atoms with Crippen molar-refractivity contribution in [3.05, 3.63) is 23.3 Å². The van der Waals surface area contributed by atoms with E-state index in [9.17, 15) is 0 Å². The van der Waals surface area contributed by atoms with Crippen LogP contribution in [0.4, 0.5) is 0 Å². The number of hydrogen-bond acceptors (Lipinski definition) is 1. The molecule has 0 spiro atoms. The normalized spacial score (nSPS) is 18.0. The van der Waals surface area contributed by atoms with E-state index in [1.165, 1.54) is 11.1 Å². The monoisotopic (exact) mass is 185 g/mol. The van der Waals surface area contributed by atoms with Gasteiger partial charge in [-0.1, -0.05) is 0 Å². The molecule has 0 saturated heterocycles. The van der Waals surface area contributed by atoms with Gasteiger partial charge in [-0.05, 0) is 0 Å². The summed E-state index contributed by atoms with van der Waals surface area (Å²) in [6.45, 7) is 6.36. The van der Waals surface area contributed by atoms with Crippen molar-refractivity contribution in [1.82, 2.24) is 0 Å². The van der Waals surface area contributed by atoms with E-state index in [4.69, 9.17) is 3.32 Å². The Morgan fingerprint density at radius 1 is 1.55 bits per heavy atom. The average molecular weight is 185 g/mol. The van der Waals surface area contributed by atoms with Crippen molar-refractivity contribution in [2.75, 3.05) is 0 Å². The van der Waals surface area contributed by atoms with Crippen LogP contribution < -0.4 is 0 Å². The zero-order valence-electron chi connectivity index (χ0n) is 7.27. The second kappa shape index (κ2) is 3.26. The van der Waals surface area contributed by atoms with Gasteiger partial charge in [0.1, 0.15) is 0 Å². The Hall–Kier alpha value is 0.154. The van der Waals surface area contributed by atoms with Crippen LogP contribution in [-0.2, 0) is 24.1 Å². The molecule has 0 fully saturated rings. The minimum atomic E-state index is -0.0897. The van der Waals surface area contributed by atoms with E-state index in [0.717, 1.165) is 6.42 Å². The predicted octanol–water partition coefficient (Wildman–Crippen LogP) is 2.52. The predicted molar refractivity (Wildman–Crippen MR) is 41.6 cm³/mol. The van der Waals surface area contributed by atoms with Crippen LogP contribution in [0.25, 0.3) is 0 Å². The second-order valence-corrected chi connectivity index (χ2v) is 3.70. The van der Waals surface area contributed by atoms with Crippen LogP contribution in [0.15, 0.2) is 23.3 Å². The summed E-state index contributed by atoms with van der Waals surface area (Å²) in [4.78, 5) is 0. The molecule has 0 unspecified atom stereocenters. The third-order valence-electron chi connectivity index (χ3n) is 2.15. The Balaban J connectivity index is 2.85.